The number of ether oxygens (including phenoxy) is 1. The Morgan fingerprint density at radius 1 is 1.47 bits per heavy atom. The molecule has 1 fully saturated rings. The van der Waals surface area contributed by atoms with Crippen molar-refractivity contribution in [3.8, 4) is 5.75 Å². The van der Waals surface area contributed by atoms with E-state index < -0.39 is 0 Å². The van der Waals surface area contributed by atoms with Crippen molar-refractivity contribution >= 4 is 15.9 Å². The molecule has 0 spiro atoms. The second kappa shape index (κ2) is 4.62. The molecule has 1 aliphatic heterocycles. The van der Waals surface area contributed by atoms with Crippen LogP contribution in [0.1, 0.15) is 36.4 Å². The SMILES string of the molecule is CNC(CC1CC1)c1cc(Br)cc2c1OCC2. The molecule has 2 nitrogen and oxygen atoms in total. The molecule has 17 heavy (non-hydrogen) atoms. The molecule has 1 aromatic carbocycles. The highest BCUT2D eigenvalue weighted by Gasteiger charge is 2.29. The lowest BCUT2D eigenvalue weighted by molar-refractivity contribution is 0.347. The molecule has 3 rings (SSSR count). The molecule has 3 heteroatoms. The van der Waals surface area contributed by atoms with Crippen molar-refractivity contribution in [2.24, 2.45) is 5.92 Å². The third-order valence-corrected chi connectivity index (χ3v) is 4.22. The minimum atomic E-state index is 0.437. The lowest BCUT2D eigenvalue weighted by atomic mass is 9.98. The van der Waals surface area contributed by atoms with Crippen molar-refractivity contribution in [2.75, 3.05) is 13.7 Å². The summed E-state index contributed by atoms with van der Waals surface area (Å²) in [5.74, 6) is 2.05. The Labute approximate surface area is 111 Å². The van der Waals surface area contributed by atoms with Crippen molar-refractivity contribution in [1.29, 1.82) is 0 Å². The monoisotopic (exact) mass is 295 g/mol. The number of rotatable bonds is 4. The Morgan fingerprint density at radius 2 is 2.29 bits per heavy atom. The van der Waals surface area contributed by atoms with Gasteiger partial charge in [0.05, 0.1) is 6.61 Å². The third kappa shape index (κ3) is 2.36. The number of hydrogen-bond acceptors (Lipinski definition) is 2. The molecule has 1 heterocycles. The first-order valence-corrected chi connectivity index (χ1v) is 7.19. The maximum Gasteiger partial charge on any atom is 0.127 e. The Kier molecular flexibility index (Phi) is 3.14. The summed E-state index contributed by atoms with van der Waals surface area (Å²) in [4.78, 5) is 0. The van der Waals surface area contributed by atoms with E-state index in [1.165, 1.54) is 34.9 Å². The summed E-state index contributed by atoms with van der Waals surface area (Å²) in [5, 5.41) is 3.45. The molecular formula is C14H18BrNO. The Morgan fingerprint density at radius 3 is 3.00 bits per heavy atom. The van der Waals surface area contributed by atoms with Crippen LogP contribution in [0.5, 0.6) is 5.75 Å². The molecule has 1 saturated carbocycles. The van der Waals surface area contributed by atoms with E-state index in [4.69, 9.17) is 4.74 Å². The van der Waals surface area contributed by atoms with Gasteiger partial charge in [0.2, 0.25) is 0 Å². The Balaban J connectivity index is 1.93. The van der Waals surface area contributed by atoms with Crippen LogP contribution in [0.3, 0.4) is 0 Å². The van der Waals surface area contributed by atoms with Crippen molar-refractivity contribution < 1.29 is 4.74 Å². The summed E-state index contributed by atoms with van der Waals surface area (Å²) in [6, 6.07) is 4.84. The molecule has 2 aliphatic rings. The van der Waals surface area contributed by atoms with Gasteiger partial charge in [0, 0.05) is 22.5 Å². The van der Waals surface area contributed by atoms with Gasteiger partial charge in [0.25, 0.3) is 0 Å². The normalized spacial score (nSPS) is 19.9. The molecule has 1 unspecified atom stereocenters. The average Bonchev–Trinajstić information content (AvgIpc) is 3.01. The third-order valence-electron chi connectivity index (χ3n) is 3.77. The number of nitrogens with one attached hydrogen (secondary N) is 1. The smallest absolute Gasteiger partial charge is 0.127 e. The van der Waals surface area contributed by atoms with Crippen LogP contribution in [0.25, 0.3) is 0 Å². The molecular weight excluding hydrogens is 278 g/mol. The predicted octanol–water partition coefficient (Wildman–Crippen LogP) is 3.44. The predicted molar refractivity (Wildman–Crippen MR) is 72.5 cm³/mol. The van der Waals surface area contributed by atoms with Crippen LogP contribution in [-0.4, -0.2) is 13.7 Å². The molecule has 0 amide bonds. The Bertz CT molecular complexity index is 428. The summed E-state index contributed by atoms with van der Waals surface area (Å²) < 4.78 is 6.98. The van der Waals surface area contributed by atoms with Gasteiger partial charge in [-0.05, 0) is 37.1 Å². The van der Waals surface area contributed by atoms with Crippen molar-refractivity contribution in [3.05, 3.63) is 27.7 Å². The maximum atomic E-state index is 5.81. The minimum absolute atomic E-state index is 0.437. The van der Waals surface area contributed by atoms with E-state index in [9.17, 15) is 0 Å². The highest BCUT2D eigenvalue weighted by atomic mass is 79.9. The zero-order chi connectivity index (χ0) is 11.8. The van der Waals surface area contributed by atoms with Gasteiger partial charge in [0.15, 0.2) is 0 Å². The molecule has 0 radical (unpaired) electrons. The quantitative estimate of drug-likeness (QED) is 0.919. The maximum absolute atomic E-state index is 5.81. The van der Waals surface area contributed by atoms with Crippen LogP contribution in [-0.2, 0) is 6.42 Å². The summed E-state index contributed by atoms with van der Waals surface area (Å²) in [6.07, 6.45) is 5.08. The van der Waals surface area contributed by atoms with Crippen LogP contribution < -0.4 is 10.1 Å². The summed E-state index contributed by atoms with van der Waals surface area (Å²) >= 11 is 3.61. The number of fused-ring (bicyclic) bond motifs is 1. The van der Waals surface area contributed by atoms with Gasteiger partial charge in [0.1, 0.15) is 5.75 Å². The first-order valence-electron chi connectivity index (χ1n) is 6.40. The van der Waals surface area contributed by atoms with E-state index in [0.717, 1.165) is 24.7 Å². The largest absolute Gasteiger partial charge is 0.493 e. The molecule has 1 N–H and O–H groups in total. The average molecular weight is 296 g/mol. The molecule has 1 aliphatic carbocycles. The van der Waals surface area contributed by atoms with Crippen molar-refractivity contribution in [2.45, 2.75) is 31.7 Å². The Hall–Kier alpha value is -0.540. The van der Waals surface area contributed by atoms with E-state index in [1.54, 1.807) is 0 Å². The van der Waals surface area contributed by atoms with Crippen molar-refractivity contribution in [1.82, 2.24) is 5.32 Å². The highest BCUT2D eigenvalue weighted by molar-refractivity contribution is 9.10. The molecule has 1 aromatic rings. The van der Waals surface area contributed by atoms with E-state index in [-0.39, 0.29) is 0 Å². The lowest BCUT2D eigenvalue weighted by Crippen LogP contribution is -2.17. The van der Waals surface area contributed by atoms with Gasteiger partial charge < -0.3 is 10.1 Å². The van der Waals surface area contributed by atoms with Crippen LogP contribution in [0.4, 0.5) is 0 Å². The van der Waals surface area contributed by atoms with Crippen LogP contribution in [0.2, 0.25) is 0 Å². The van der Waals surface area contributed by atoms with E-state index in [1.807, 2.05) is 0 Å². The minimum Gasteiger partial charge on any atom is -0.493 e. The van der Waals surface area contributed by atoms with Gasteiger partial charge in [-0.1, -0.05) is 28.8 Å². The van der Waals surface area contributed by atoms with Gasteiger partial charge in [-0.3, -0.25) is 0 Å². The number of hydrogen-bond donors (Lipinski definition) is 1. The first-order chi connectivity index (χ1) is 8.28. The fourth-order valence-electron chi connectivity index (χ4n) is 2.64. The fraction of sp³-hybridized carbons (Fsp3) is 0.571. The number of benzene rings is 1. The fourth-order valence-corrected chi connectivity index (χ4v) is 3.17. The van der Waals surface area contributed by atoms with Crippen molar-refractivity contribution in [3.63, 3.8) is 0 Å². The zero-order valence-corrected chi connectivity index (χ0v) is 11.7. The molecule has 0 saturated heterocycles. The van der Waals surface area contributed by atoms with E-state index >= 15 is 0 Å². The summed E-state index contributed by atoms with van der Waals surface area (Å²) in [6.45, 7) is 0.832. The summed E-state index contributed by atoms with van der Waals surface area (Å²) in [5.41, 5.74) is 2.69. The topological polar surface area (TPSA) is 21.3 Å². The molecule has 92 valence electrons. The standard InChI is InChI=1S/C14H18BrNO/c1-16-13(6-9-2-3-9)12-8-11(15)7-10-4-5-17-14(10)12/h7-9,13,16H,2-6H2,1H3. The van der Waals surface area contributed by atoms with Gasteiger partial charge in [-0.15, -0.1) is 0 Å². The van der Waals surface area contributed by atoms with E-state index in [0.29, 0.717) is 6.04 Å². The van der Waals surface area contributed by atoms with Gasteiger partial charge in [-0.2, -0.15) is 0 Å². The molecule has 0 aromatic heterocycles. The zero-order valence-electron chi connectivity index (χ0n) is 10.1. The first kappa shape index (κ1) is 11.5. The van der Waals surface area contributed by atoms with Crippen LogP contribution in [0, 0.1) is 5.92 Å². The molecule has 0 bridgehead atoms. The van der Waals surface area contributed by atoms with Gasteiger partial charge in [-0.25, -0.2) is 0 Å². The second-order valence-corrected chi connectivity index (χ2v) is 6.02. The van der Waals surface area contributed by atoms with Crippen LogP contribution in [0.15, 0.2) is 16.6 Å². The summed E-state index contributed by atoms with van der Waals surface area (Å²) in [7, 11) is 2.05. The van der Waals surface area contributed by atoms with Crippen LogP contribution >= 0.6 is 15.9 Å². The lowest BCUT2D eigenvalue weighted by Gasteiger charge is -2.19. The molecule has 1 atom stereocenters. The van der Waals surface area contributed by atoms with Gasteiger partial charge >= 0.3 is 0 Å². The second-order valence-electron chi connectivity index (χ2n) is 5.10. The highest BCUT2D eigenvalue weighted by Crippen LogP contribution is 2.42. The number of halogens is 1. The van der Waals surface area contributed by atoms with E-state index in [2.05, 4.69) is 40.4 Å².